The predicted octanol–water partition coefficient (Wildman–Crippen LogP) is 3.75. The van der Waals surface area contributed by atoms with Gasteiger partial charge in [0.15, 0.2) is 0 Å². The number of aryl methyl sites for hydroxylation is 2. The van der Waals surface area contributed by atoms with Gasteiger partial charge in [0.1, 0.15) is 0 Å². The molecule has 0 aliphatic heterocycles. The number of aromatic nitrogens is 2. The number of halogens is 1. The largest absolute Gasteiger partial charge is 0.310 e. The molecule has 0 aliphatic carbocycles. The lowest BCUT2D eigenvalue weighted by molar-refractivity contribution is 0.492. The molecule has 108 valence electrons. The maximum absolute atomic E-state index is 6.33. The van der Waals surface area contributed by atoms with Crippen LogP contribution in [0.3, 0.4) is 0 Å². The third kappa shape index (κ3) is 3.84. The second-order valence-electron chi connectivity index (χ2n) is 5.01. The van der Waals surface area contributed by atoms with E-state index >= 15 is 0 Å². The Hall–Kier alpha value is -1.32. The number of rotatable bonds is 7. The smallest absolute Gasteiger partial charge is 0.0492 e. The first kappa shape index (κ1) is 15.1. The van der Waals surface area contributed by atoms with Gasteiger partial charge in [-0.15, -0.1) is 0 Å². The molecule has 1 heterocycles. The Balaban J connectivity index is 2.08. The maximum Gasteiger partial charge on any atom is 0.0492 e. The normalized spacial score (nSPS) is 12.6. The van der Waals surface area contributed by atoms with E-state index in [1.807, 2.05) is 36.1 Å². The van der Waals surface area contributed by atoms with Crippen LogP contribution < -0.4 is 5.32 Å². The van der Waals surface area contributed by atoms with Crippen molar-refractivity contribution in [1.29, 1.82) is 0 Å². The molecule has 0 spiro atoms. The van der Waals surface area contributed by atoms with Gasteiger partial charge in [-0.25, -0.2) is 0 Å². The van der Waals surface area contributed by atoms with Crippen LogP contribution in [0.15, 0.2) is 36.5 Å². The molecule has 0 amide bonds. The topological polar surface area (TPSA) is 29.9 Å². The van der Waals surface area contributed by atoms with Crippen molar-refractivity contribution >= 4 is 11.6 Å². The highest BCUT2D eigenvalue weighted by Gasteiger charge is 2.14. The molecule has 0 bridgehead atoms. The highest BCUT2D eigenvalue weighted by molar-refractivity contribution is 6.31. The van der Waals surface area contributed by atoms with E-state index in [9.17, 15) is 0 Å². The zero-order valence-corrected chi connectivity index (χ0v) is 12.9. The van der Waals surface area contributed by atoms with Gasteiger partial charge in [0.25, 0.3) is 0 Å². The quantitative estimate of drug-likeness (QED) is 0.842. The first-order chi connectivity index (χ1) is 9.72. The summed E-state index contributed by atoms with van der Waals surface area (Å²) in [5.41, 5.74) is 2.44. The highest BCUT2D eigenvalue weighted by Crippen LogP contribution is 2.26. The molecule has 0 fully saturated rings. The fourth-order valence-corrected chi connectivity index (χ4v) is 2.65. The number of nitrogens with one attached hydrogen (secondary N) is 1. The zero-order valence-electron chi connectivity index (χ0n) is 12.1. The molecule has 1 unspecified atom stereocenters. The van der Waals surface area contributed by atoms with Crippen LogP contribution >= 0.6 is 11.6 Å². The summed E-state index contributed by atoms with van der Waals surface area (Å²) >= 11 is 6.33. The highest BCUT2D eigenvalue weighted by atomic mass is 35.5. The summed E-state index contributed by atoms with van der Waals surface area (Å²) in [5, 5.41) is 8.65. The van der Waals surface area contributed by atoms with Gasteiger partial charge in [0, 0.05) is 30.0 Å². The van der Waals surface area contributed by atoms with Crippen LogP contribution in [0.25, 0.3) is 0 Å². The first-order valence-corrected chi connectivity index (χ1v) is 7.55. The van der Waals surface area contributed by atoms with E-state index in [4.69, 9.17) is 11.6 Å². The zero-order chi connectivity index (χ0) is 14.4. The van der Waals surface area contributed by atoms with Crippen molar-refractivity contribution in [3.8, 4) is 0 Å². The molecular weight excluding hydrogens is 270 g/mol. The van der Waals surface area contributed by atoms with Gasteiger partial charge in [0.05, 0.1) is 0 Å². The molecule has 3 nitrogen and oxygen atoms in total. The minimum atomic E-state index is 0.290. The molecular formula is C16H22ClN3. The summed E-state index contributed by atoms with van der Waals surface area (Å²) in [4.78, 5) is 0. The van der Waals surface area contributed by atoms with Gasteiger partial charge in [-0.05, 0) is 43.5 Å². The lowest BCUT2D eigenvalue weighted by atomic mass is 10.0. The molecule has 0 aliphatic rings. The number of nitrogens with zero attached hydrogens (tertiary/aromatic N) is 2. The van der Waals surface area contributed by atoms with Crippen LogP contribution in [0.2, 0.25) is 5.02 Å². The summed E-state index contributed by atoms with van der Waals surface area (Å²) < 4.78 is 1.93. The van der Waals surface area contributed by atoms with Crippen molar-refractivity contribution in [3.05, 3.63) is 52.8 Å². The van der Waals surface area contributed by atoms with Crippen LogP contribution in [0, 0.1) is 0 Å². The van der Waals surface area contributed by atoms with Crippen molar-refractivity contribution in [2.75, 3.05) is 6.54 Å². The number of benzene rings is 1. The van der Waals surface area contributed by atoms with E-state index in [0.29, 0.717) is 6.04 Å². The Morgan fingerprint density at radius 1 is 1.30 bits per heavy atom. The summed E-state index contributed by atoms with van der Waals surface area (Å²) in [6.07, 6.45) is 4.97. The van der Waals surface area contributed by atoms with Gasteiger partial charge in [0.2, 0.25) is 0 Å². The fourth-order valence-electron chi connectivity index (χ4n) is 2.38. The molecule has 0 radical (unpaired) electrons. The summed E-state index contributed by atoms with van der Waals surface area (Å²) in [6.45, 7) is 3.18. The minimum Gasteiger partial charge on any atom is -0.310 e. The molecule has 1 aromatic heterocycles. The molecule has 1 atom stereocenters. The average molecular weight is 292 g/mol. The van der Waals surface area contributed by atoms with E-state index in [-0.39, 0.29) is 0 Å². The monoisotopic (exact) mass is 291 g/mol. The molecule has 1 aromatic carbocycles. The van der Waals surface area contributed by atoms with Crippen LogP contribution in [0.4, 0.5) is 0 Å². The van der Waals surface area contributed by atoms with Crippen LogP contribution in [0.5, 0.6) is 0 Å². The molecule has 0 saturated carbocycles. The number of hydrogen-bond donors (Lipinski definition) is 1. The number of hydrogen-bond acceptors (Lipinski definition) is 2. The second kappa shape index (κ2) is 7.46. The lowest BCUT2D eigenvalue weighted by Crippen LogP contribution is -2.23. The lowest BCUT2D eigenvalue weighted by Gasteiger charge is -2.20. The van der Waals surface area contributed by atoms with Gasteiger partial charge < -0.3 is 5.32 Å². The van der Waals surface area contributed by atoms with Crippen molar-refractivity contribution in [2.24, 2.45) is 7.05 Å². The first-order valence-electron chi connectivity index (χ1n) is 7.17. The molecule has 2 rings (SSSR count). The van der Waals surface area contributed by atoms with Crippen molar-refractivity contribution in [1.82, 2.24) is 15.1 Å². The molecule has 1 N–H and O–H groups in total. The van der Waals surface area contributed by atoms with E-state index in [1.54, 1.807) is 0 Å². The van der Waals surface area contributed by atoms with Crippen LogP contribution in [0.1, 0.15) is 37.1 Å². The summed E-state index contributed by atoms with van der Waals surface area (Å²) in [7, 11) is 1.99. The molecule has 20 heavy (non-hydrogen) atoms. The van der Waals surface area contributed by atoms with E-state index in [0.717, 1.165) is 30.8 Å². The van der Waals surface area contributed by atoms with E-state index < -0.39 is 0 Å². The van der Waals surface area contributed by atoms with Crippen molar-refractivity contribution < 1.29 is 0 Å². The van der Waals surface area contributed by atoms with Crippen LogP contribution in [-0.2, 0) is 13.5 Å². The molecule has 2 aromatic rings. The predicted molar refractivity (Wildman–Crippen MR) is 84.0 cm³/mol. The summed E-state index contributed by atoms with van der Waals surface area (Å²) in [5.74, 6) is 0. The SMILES string of the molecule is CCCNC(CCc1ccnn1C)c1ccccc1Cl. The fraction of sp³-hybridized carbons (Fsp3) is 0.438. The summed E-state index contributed by atoms with van der Waals surface area (Å²) in [6, 6.07) is 10.5. The minimum absolute atomic E-state index is 0.290. The third-order valence-corrected chi connectivity index (χ3v) is 3.88. The Labute approximate surface area is 126 Å². The Bertz CT molecular complexity index is 536. The maximum atomic E-state index is 6.33. The van der Waals surface area contributed by atoms with E-state index in [1.165, 1.54) is 11.3 Å². The Morgan fingerprint density at radius 3 is 2.75 bits per heavy atom. The van der Waals surface area contributed by atoms with Gasteiger partial charge in [-0.1, -0.05) is 36.7 Å². The van der Waals surface area contributed by atoms with Gasteiger partial charge in [-0.2, -0.15) is 5.10 Å². The molecule has 4 heteroatoms. The Kier molecular flexibility index (Phi) is 5.62. The van der Waals surface area contributed by atoms with E-state index in [2.05, 4.69) is 29.5 Å². The standard InChI is InChI=1S/C16H22ClN3/c1-3-11-18-16(14-6-4-5-7-15(14)17)9-8-13-10-12-19-20(13)2/h4-7,10,12,16,18H,3,8-9,11H2,1-2H3. The van der Waals surface area contributed by atoms with Gasteiger partial charge in [-0.3, -0.25) is 4.68 Å². The van der Waals surface area contributed by atoms with Crippen molar-refractivity contribution in [2.45, 2.75) is 32.2 Å². The molecule has 0 saturated heterocycles. The van der Waals surface area contributed by atoms with Gasteiger partial charge >= 0.3 is 0 Å². The van der Waals surface area contributed by atoms with Crippen LogP contribution in [-0.4, -0.2) is 16.3 Å². The second-order valence-corrected chi connectivity index (χ2v) is 5.42. The average Bonchev–Trinajstić information content (AvgIpc) is 2.86. The Morgan fingerprint density at radius 2 is 2.10 bits per heavy atom. The third-order valence-electron chi connectivity index (χ3n) is 3.53. The van der Waals surface area contributed by atoms with Crippen molar-refractivity contribution in [3.63, 3.8) is 0 Å².